The molecule has 0 aliphatic carbocycles. The number of aliphatic hydroxyl groups excluding tert-OH is 3. The van der Waals surface area contributed by atoms with Crippen molar-refractivity contribution in [1.29, 1.82) is 0 Å². The molecule has 1 aliphatic rings. The van der Waals surface area contributed by atoms with Gasteiger partial charge in [0.05, 0.1) is 12.9 Å². The van der Waals surface area contributed by atoms with Crippen LogP contribution in [-0.2, 0) is 16.0 Å². The van der Waals surface area contributed by atoms with Gasteiger partial charge in [-0.15, -0.1) is 0 Å². The number of phenolic OH excluding ortho intramolecular Hbond substituents is 1. The fourth-order valence-electron chi connectivity index (χ4n) is 4.13. The number of imidazole rings is 1. The molecule has 1 fully saturated rings. The Bertz CT molecular complexity index is 1350. The molecule has 5 rings (SSSR count). The fraction of sp³-hybridized carbons (Fsp3) is 0.333. The number of ether oxygens (including phenoxy) is 1. The molecule has 0 bridgehead atoms. The minimum absolute atomic E-state index is 0.0891. The topological polar surface area (TPSA) is 199 Å². The molecular weight excluding hydrogens is 448 g/mol. The predicted octanol–water partition coefficient (Wildman–Crippen LogP) is -0.268. The Morgan fingerprint density at radius 3 is 2.76 bits per heavy atom. The third-order valence-electron chi connectivity index (χ3n) is 5.84. The van der Waals surface area contributed by atoms with E-state index in [4.69, 9.17) is 4.74 Å². The summed E-state index contributed by atoms with van der Waals surface area (Å²) in [5.74, 6) is -0.841. The van der Waals surface area contributed by atoms with Crippen LogP contribution in [0.2, 0.25) is 0 Å². The van der Waals surface area contributed by atoms with Crippen molar-refractivity contribution in [1.82, 2.24) is 24.5 Å². The average molecular weight is 470 g/mol. The smallest absolute Gasteiger partial charge is 0.326 e. The number of carbonyl (C=O) groups is 1. The van der Waals surface area contributed by atoms with Crippen LogP contribution >= 0.6 is 0 Å². The Labute approximate surface area is 191 Å². The number of carboxylic acid groups (broad SMARTS) is 1. The van der Waals surface area contributed by atoms with Crippen molar-refractivity contribution in [3.05, 3.63) is 42.6 Å². The summed E-state index contributed by atoms with van der Waals surface area (Å²) >= 11 is 0. The van der Waals surface area contributed by atoms with Crippen LogP contribution in [0.15, 0.2) is 36.9 Å². The Morgan fingerprint density at radius 1 is 1.21 bits per heavy atom. The van der Waals surface area contributed by atoms with Crippen molar-refractivity contribution in [2.45, 2.75) is 37.0 Å². The van der Waals surface area contributed by atoms with E-state index < -0.39 is 43.2 Å². The van der Waals surface area contributed by atoms with Gasteiger partial charge < -0.3 is 40.6 Å². The number of nitrogens with zero attached hydrogens (tertiary/aromatic N) is 4. The molecule has 34 heavy (non-hydrogen) atoms. The zero-order valence-electron chi connectivity index (χ0n) is 17.6. The van der Waals surface area contributed by atoms with Crippen molar-refractivity contribution < 1.29 is 35.1 Å². The first-order chi connectivity index (χ1) is 16.4. The van der Waals surface area contributed by atoms with Crippen LogP contribution < -0.4 is 5.32 Å². The summed E-state index contributed by atoms with van der Waals surface area (Å²) in [6, 6.07) is 5.51. The molecule has 0 radical (unpaired) electrons. The second kappa shape index (κ2) is 8.53. The van der Waals surface area contributed by atoms with Crippen molar-refractivity contribution in [2.24, 2.45) is 0 Å². The minimum Gasteiger partial charge on any atom is -0.508 e. The van der Waals surface area contributed by atoms with Gasteiger partial charge in [-0.25, -0.2) is 19.7 Å². The standard InChI is InChI=1S/C21H22N6O7/c28-6-14-16(30)17(31)20(34-14)27-8-24-15-18(22-7-23-19(15)27)26-13(21(32)33)5-10-3-9-4-11(29)1-2-12(9)25-10/h1-4,7-8,13-14,16-17,20,25,28-31H,5-6H2,(H,32,33)(H,22,23,26). The van der Waals surface area contributed by atoms with Gasteiger partial charge in [0.1, 0.15) is 36.4 Å². The van der Waals surface area contributed by atoms with E-state index in [-0.39, 0.29) is 29.2 Å². The highest BCUT2D eigenvalue weighted by molar-refractivity contribution is 5.87. The number of phenols is 1. The molecule has 1 saturated heterocycles. The maximum absolute atomic E-state index is 12.0. The summed E-state index contributed by atoms with van der Waals surface area (Å²) in [6.45, 7) is -0.475. The first-order valence-corrected chi connectivity index (χ1v) is 10.5. The summed E-state index contributed by atoms with van der Waals surface area (Å²) in [4.78, 5) is 27.7. The molecule has 7 N–H and O–H groups in total. The van der Waals surface area contributed by atoms with Crippen LogP contribution in [0, 0.1) is 0 Å². The normalized spacial score (nSPS) is 23.5. The van der Waals surface area contributed by atoms with Gasteiger partial charge in [0.2, 0.25) is 0 Å². The summed E-state index contributed by atoms with van der Waals surface area (Å²) in [6.07, 6.45) is -1.98. The summed E-state index contributed by atoms with van der Waals surface area (Å²) < 4.78 is 6.93. The molecular formula is C21H22N6O7. The van der Waals surface area contributed by atoms with E-state index >= 15 is 0 Å². The number of benzene rings is 1. The van der Waals surface area contributed by atoms with Gasteiger partial charge in [-0.2, -0.15) is 0 Å². The fourth-order valence-corrected chi connectivity index (χ4v) is 4.13. The number of aliphatic hydroxyl groups is 3. The number of aliphatic carboxylic acids is 1. The maximum atomic E-state index is 12.0. The molecule has 1 aliphatic heterocycles. The number of H-pyrrole nitrogens is 1. The third-order valence-corrected chi connectivity index (χ3v) is 5.84. The lowest BCUT2D eigenvalue weighted by atomic mass is 10.1. The van der Waals surface area contributed by atoms with Crippen LogP contribution in [-0.4, -0.2) is 87.0 Å². The molecule has 178 valence electrons. The van der Waals surface area contributed by atoms with E-state index in [1.807, 2.05) is 0 Å². The van der Waals surface area contributed by atoms with Crippen LogP contribution in [0.5, 0.6) is 5.75 Å². The Hall–Kier alpha value is -3.78. The lowest BCUT2D eigenvalue weighted by Crippen LogP contribution is -2.33. The molecule has 1 aromatic carbocycles. The maximum Gasteiger partial charge on any atom is 0.326 e. The highest BCUT2D eigenvalue weighted by atomic mass is 16.6. The van der Waals surface area contributed by atoms with E-state index in [1.54, 1.807) is 18.2 Å². The molecule has 4 heterocycles. The number of carboxylic acids is 1. The third kappa shape index (κ3) is 3.80. The lowest BCUT2D eigenvalue weighted by molar-refractivity contribution is -0.137. The van der Waals surface area contributed by atoms with Gasteiger partial charge in [0.15, 0.2) is 23.2 Å². The highest BCUT2D eigenvalue weighted by Gasteiger charge is 2.44. The first-order valence-electron chi connectivity index (χ1n) is 10.5. The predicted molar refractivity (Wildman–Crippen MR) is 117 cm³/mol. The van der Waals surface area contributed by atoms with Gasteiger partial charge in [-0.3, -0.25) is 4.57 Å². The molecule has 13 heteroatoms. The van der Waals surface area contributed by atoms with Crippen molar-refractivity contribution in [3.8, 4) is 5.75 Å². The Morgan fingerprint density at radius 2 is 2.03 bits per heavy atom. The molecule has 0 amide bonds. The molecule has 5 unspecified atom stereocenters. The first kappa shape index (κ1) is 22.0. The highest BCUT2D eigenvalue weighted by Crippen LogP contribution is 2.32. The molecule has 13 nitrogen and oxygen atoms in total. The average Bonchev–Trinajstić information content (AvgIpc) is 3.49. The van der Waals surface area contributed by atoms with Crippen molar-refractivity contribution in [2.75, 3.05) is 11.9 Å². The number of hydrogen-bond acceptors (Lipinski definition) is 10. The van der Waals surface area contributed by atoms with E-state index in [0.29, 0.717) is 5.69 Å². The van der Waals surface area contributed by atoms with Gasteiger partial charge in [0.25, 0.3) is 0 Å². The van der Waals surface area contributed by atoms with Gasteiger partial charge in [0, 0.05) is 23.0 Å². The number of fused-ring (bicyclic) bond motifs is 2. The minimum atomic E-state index is -1.32. The van der Waals surface area contributed by atoms with E-state index in [1.165, 1.54) is 23.3 Å². The summed E-state index contributed by atoms with van der Waals surface area (Å²) in [7, 11) is 0. The zero-order chi connectivity index (χ0) is 24.0. The second-order valence-electron chi connectivity index (χ2n) is 8.08. The molecule has 3 aromatic heterocycles. The van der Waals surface area contributed by atoms with E-state index in [2.05, 4.69) is 25.3 Å². The van der Waals surface area contributed by atoms with Gasteiger partial charge in [-0.05, 0) is 24.3 Å². The van der Waals surface area contributed by atoms with Crippen molar-refractivity contribution in [3.63, 3.8) is 0 Å². The van der Waals surface area contributed by atoms with Gasteiger partial charge >= 0.3 is 5.97 Å². The number of hydrogen-bond donors (Lipinski definition) is 7. The van der Waals surface area contributed by atoms with Crippen LogP contribution in [0.25, 0.3) is 22.1 Å². The molecule has 0 saturated carbocycles. The SMILES string of the molecule is O=C(O)C(Cc1cc2cc(O)ccc2[nH]1)Nc1ncnc2c1ncn2C1OC(CO)C(O)C1O. The Balaban J connectivity index is 1.42. The summed E-state index contributed by atoms with van der Waals surface area (Å²) in [5.41, 5.74) is 1.90. The van der Waals surface area contributed by atoms with Crippen molar-refractivity contribution >= 4 is 33.9 Å². The molecule has 5 atom stereocenters. The zero-order valence-corrected chi connectivity index (χ0v) is 17.6. The van der Waals surface area contributed by atoms with Crippen LogP contribution in [0.4, 0.5) is 5.82 Å². The molecule has 0 spiro atoms. The molecule has 4 aromatic rings. The Kier molecular flexibility index (Phi) is 5.53. The second-order valence-corrected chi connectivity index (χ2v) is 8.08. The largest absolute Gasteiger partial charge is 0.508 e. The quantitative estimate of drug-likeness (QED) is 0.188. The number of rotatable bonds is 7. The number of aromatic amines is 1. The monoisotopic (exact) mass is 470 g/mol. The van der Waals surface area contributed by atoms with E-state index in [0.717, 1.165) is 10.9 Å². The van der Waals surface area contributed by atoms with E-state index in [9.17, 15) is 30.3 Å². The summed E-state index contributed by atoms with van der Waals surface area (Å²) in [5, 5.41) is 52.8. The van der Waals surface area contributed by atoms with Crippen LogP contribution in [0.3, 0.4) is 0 Å². The number of aromatic hydroxyl groups is 1. The number of anilines is 1. The number of aromatic nitrogens is 5. The van der Waals surface area contributed by atoms with Crippen LogP contribution in [0.1, 0.15) is 11.9 Å². The van der Waals surface area contributed by atoms with Gasteiger partial charge in [-0.1, -0.05) is 0 Å². The lowest BCUT2D eigenvalue weighted by Gasteiger charge is -2.17. The number of nitrogens with one attached hydrogen (secondary N) is 2.